The maximum absolute atomic E-state index is 13.3. The summed E-state index contributed by atoms with van der Waals surface area (Å²) in [6, 6.07) is 7.93. The fourth-order valence-electron chi connectivity index (χ4n) is 4.61. The van der Waals surface area contributed by atoms with Gasteiger partial charge in [0.2, 0.25) is 0 Å². The molecule has 1 aliphatic carbocycles. The summed E-state index contributed by atoms with van der Waals surface area (Å²) in [7, 11) is 5.81. The Hall–Kier alpha value is -1.47. The van der Waals surface area contributed by atoms with Gasteiger partial charge in [0.25, 0.3) is 5.91 Å². The van der Waals surface area contributed by atoms with Crippen molar-refractivity contribution in [1.82, 2.24) is 9.80 Å². The van der Waals surface area contributed by atoms with Crippen molar-refractivity contribution in [3.8, 4) is 0 Å². The molecule has 27 heavy (non-hydrogen) atoms. The van der Waals surface area contributed by atoms with E-state index in [2.05, 4.69) is 11.0 Å². The summed E-state index contributed by atoms with van der Waals surface area (Å²) in [5.41, 5.74) is 1.60. The van der Waals surface area contributed by atoms with Crippen molar-refractivity contribution < 1.29 is 19.4 Å². The molecular formula is C21H32N2O4. The van der Waals surface area contributed by atoms with Gasteiger partial charge in [-0.15, -0.1) is 0 Å². The molecule has 1 aliphatic heterocycles. The minimum Gasteiger partial charge on any atom is -0.394 e. The van der Waals surface area contributed by atoms with E-state index in [9.17, 15) is 4.79 Å². The third-order valence-corrected chi connectivity index (χ3v) is 5.92. The fraction of sp³-hybridized carbons (Fsp3) is 0.667. The van der Waals surface area contributed by atoms with E-state index in [0.717, 1.165) is 43.4 Å². The van der Waals surface area contributed by atoms with Crippen LogP contribution in [0.2, 0.25) is 0 Å². The number of nitrogens with zero attached hydrogens (tertiary/aromatic N) is 2. The molecule has 0 bridgehead atoms. The smallest absolute Gasteiger partial charge is 0.254 e. The van der Waals surface area contributed by atoms with Gasteiger partial charge in [-0.05, 0) is 57.5 Å². The second-order valence-corrected chi connectivity index (χ2v) is 7.96. The molecular weight excluding hydrogens is 344 g/mol. The SMILES string of the molecule is CO[C@@]12CCC(OCCO)CC1N(C(=O)c1cccc(CN(C)C)c1)CC2. The Morgan fingerprint density at radius 1 is 1.37 bits per heavy atom. The van der Waals surface area contributed by atoms with Crippen molar-refractivity contribution in [1.29, 1.82) is 0 Å². The maximum Gasteiger partial charge on any atom is 0.254 e. The summed E-state index contributed by atoms with van der Waals surface area (Å²) in [6.45, 7) is 1.89. The summed E-state index contributed by atoms with van der Waals surface area (Å²) < 4.78 is 11.7. The number of hydrogen-bond donors (Lipinski definition) is 1. The zero-order chi connectivity index (χ0) is 19.4. The molecule has 0 radical (unpaired) electrons. The number of carbonyl (C=O) groups is 1. The van der Waals surface area contributed by atoms with Crippen molar-refractivity contribution in [2.75, 3.05) is 41.0 Å². The number of fused-ring (bicyclic) bond motifs is 1. The van der Waals surface area contributed by atoms with Crippen molar-refractivity contribution in [3.63, 3.8) is 0 Å². The number of hydrogen-bond acceptors (Lipinski definition) is 5. The van der Waals surface area contributed by atoms with Gasteiger partial charge in [0, 0.05) is 25.8 Å². The molecule has 1 heterocycles. The highest BCUT2D eigenvalue weighted by Crippen LogP contribution is 2.43. The van der Waals surface area contributed by atoms with E-state index in [1.165, 1.54) is 0 Å². The lowest BCUT2D eigenvalue weighted by atomic mass is 9.79. The Morgan fingerprint density at radius 2 is 2.19 bits per heavy atom. The lowest BCUT2D eigenvalue weighted by Gasteiger charge is -2.43. The number of amides is 1. The van der Waals surface area contributed by atoms with Gasteiger partial charge in [-0.2, -0.15) is 0 Å². The number of carbonyl (C=O) groups excluding carboxylic acids is 1. The van der Waals surface area contributed by atoms with Crippen molar-refractivity contribution in [2.24, 2.45) is 0 Å². The number of ether oxygens (including phenoxy) is 2. The van der Waals surface area contributed by atoms with Gasteiger partial charge in [-0.25, -0.2) is 0 Å². The maximum atomic E-state index is 13.3. The number of methoxy groups -OCH3 is 1. The first-order valence-corrected chi connectivity index (χ1v) is 9.81. The average molecular weight is 376 g/mol. The quantitative estimate of drug-likeness (QED) is 0.788. The minimum atomic E-state index is -0.268. The highest BCUT2D eigenvalue weighted by atomic mass is 16.5. The molecule has 3 rings (SSSR count). The molecule has 2 fully saturated rings. The van der Waals surface area contributed by atoms with Gasteiger partial charge >= 0.3 is 0 Å². The molecule has 3 atom stereocenters. The number of likely N-dealkylation sites (tertiary alicyclic amines) is 1. The largest absolute Gasteiger partial charge is 0.394 e. The van der Waals surface area contributed by atoms with Crippen LogP contribution in [0, 0.1) is 0 Å². The van der Waals surface area contributed by atoms with E-state index in [1.807, 2.05) is 37.2 Å². The Balaban J connectivity index is 1.78. The van der Waals surface area contributed by atoms with Gasteiger partial charge in [0.1, 0.15) is 0 Å². The lowest BCUT2D eigenvalue weighted by Crippen LogP contribution is -2.53. The van der Waals surface area contributed by atoms with Gasteiger partial charge in [-0.1, -0.05) is 12.1 Å². The second-order valence-electron chi connectivity index (χ2n) is 7.96. The van der Waals surface area contributed by atoms with Gasteiger partial charge in [0.15, 0.2) is 0 Å². The van der Waals surface area contributed by atoms with Crippen LogP contribution in [0.15, 0.2) is 24.3 Å². The van der Waals surface area contributed by atoms with Crippen LogP contribution < -0.4 is 0 Å². The molecule has 0 spiro atoms. The molecule has 1 aromatic rings. The fourth-order valence-corrected chi connectivity index (χ4v) is 4.61. The first-order chi connectivity index (χ1) is 13.0. The van der Waals surface area contributed by atoms with Crippen LogP contribution in [-0.2, 0) is 16.0 Å². The third-order valence-electron chi connectivity index (χ3n) is 5.92. The number of aliphatic hydroxyl groups excluding tert-OH is 1. The molecule has 6 heteroatoms. The topological polar surface area (TPSA) is 62.2 Å². The van der Waals surface area contributed by atoms with Crippen LogP contribution in [0.25, 0.3) is 0 Å². The van der Waals surface area contributed by atoms with Gasteiger partial charge < -0.3 is 24.4 Å². The average Bonchev–Trinajstić information content (AvgIpc) is 3.04. The summed E-state index contributed by atoms with van der Waals surface area (Å²) in [5.74, 6) is 0.0716. The van der Waals surface area contributed by atoms with E-state index in [-0.39, 0.29) is 30.3 Å². The summed E-state index contributed by atoms with van der Waals surface area (Å²) in [4.78, 5) is 17.4. The molecule has 150 valence electrons. The van der Waals surface area contributed by atoms with Crippen LogP contribution in [0.5, 0.6) is 0 Å². The predicted octanol–water partition coefficient (Wildman–Crippen LogP) is 1.91. The molecule has 1 N–H and O–H groups in total. The van der Waals surface area contributed by atoms with Gasteiger partial charge in [-0.3, -0.25) is 4.79 Å². The van der Waals surface area contributed by atoms with E-state index >= 15 is 0 Å². The Kier molecular flexibility index (Phi) is 6.52. The van der Waals surface area contributed by atoms with E-state index < -0.39 is 0 Å². The molecule has 1 aromatic carbocycles. The zero-order valence-electron chi connectivity index (χ0n) is 16.7. The van der Waals surface area contributed by atoms with E-state index in [1.54, 1.807) is 7.11 Å². The summed E-state index contributed by atoms with van der Waals surface area (Å²) in [6.07, 6.45) is 3.49. The van der Waals surface area contributed by atoms with E-state index in [0.29, 0.717) is 13.2 Å². The van der Waals surface area contributed by atoms with Crippen LogP contribution in [0.4, 0.5) is 0 Å². The molecule has 2 aliphatic rings. The lowest BCUT2D eigenvalue weighted by molar-refractivity contribution is -0.0992. The van der Waals surface area contributed by atoms with Crippen LogP contribution in [0.3, 0.4) is 0 Å². The van der Waals surface area contributed by atoms with Crippen LogP contribution in [-0.4, -0.2) is 79.5 Å². The van der Waals surface area contributed by atoms with Crippen molar-refractivity contribution >= 4 is 5.91 Å². The minimum absolute atomic E-state index is 0.0185. The second kappa shape index (κ2) is 8.69. The standard InChI is InChI=1S/C21H32N2O4/c1-22(2)15-16-5-4-6-17(13-16)20(25)23-10-9-21(26-3)8-7-18(14-19(21)23)27-12-11-24/h4-6,13,18-19,24H,7-12,14-15H2,1-3H3/t18?,19?,21-/m1/s1. The normalized spacial score (nSPS) is 27.8. The number of benzene rings is 1. The Bertz CT molecular complexity index is 651. The molecule has 6 nitrogen and oxygen atoms in total. The molecule has 1 saturated heterocycles. The van der Waals surface area contributed by atoms with Crippen LogP contribution >= 0.6 is 0 Å². The molecule has 1 saturated carbocycles. The summed E-state index contributed by atoms with van der Waals surface area (Å²) >= 11 is 0. The zero-order valence-corrected chi connectivity index (χ0v) is 16.7. The highest BCUT2D eigenvalue weighted by Gasteiger charge is 2.52. The molecule has 0 aromatic heterocycles. The van der Waals surface area contributed by atoms with Crippen molar-refractivity contribution in [2.45, 2.75) is 50.0 Å². The van der Waals surface area contributed by atoms with Crippen LogP contribution in [0.1, 0.15) is 41.6 Å². The Morgan fingerprint density at radius 3 is 2.89 bits per heavy atom. The summed E-state index contributed by atoms with van der Waals surface area (Å²) in [5, 5.41) is 9.04. The first kappa shape index (κ1) is 20.3. The van der Waals surface area contributed by atoms with Gasteiger partial charge in [0.05, 0.1) is 31.0 Å². The first-order valence-electron chi connectivity index (χ1n) is 9.81. The number of rotatable bonds is 7. The number of aliphatic hydroxyl groups is 1. The molecule has 2 unspecified atom stereocenters. The molecule has 1 amide bonds. The highest BCUT2D eigenvalue weighted by molar-refractivity contribution is 5.95. The van der Waals surface area contributed by atoms with E-state index in [4.69, 9.17) is 14.6 Å². The Labute approximate surface area is 162 Å². The monoisotopic (exact) mass is 376 g/mol. The third kappa shape index (κ3) is 4.35. The van der Waals surface area contributed by atoms with Crippen molar-refractivity contribution in [3.05, 3.63) is 35.4 Å². The predicted molar refractivity (Wildman–Crippen MR) is 104 cm³/mol.